The molecule has 0 aromatic carbocycles. The van der Waals surface area contributed by atoms with Crippen molar-refractivity contribution in [2.75, 3.05) is 0 Å². The van der Waals surface area contributed by atoms with Crippen molar-refractivity contribution in [3.05, 3.63) is 6.42 Å². The first-order valence-electron chi connectivity index (χ1n) is 4.11. The fourth-order valence-electron chi connectivity index (χ4n) is 0.743. The Balaban J connectivity index is -0.000000177. The molecule has 12 heavy (non-hydrogen) atoms. The van der Waals surface area contributed by atoms with Crippen LogP contribution in [0.1, 0.15) is 46.0 Å². The quantitative estimate of drug-likeness (QED) is 0.479. The molecule has 0 amide bonds. The maximum atomic E-state index is 8.46. The monoisotopic (exact) mass is 319 g/mol. The Kier molecular flexibility index (Phi) is 36.3. The molecule has 0 atom stereocenters. The van der Waals surface area contributed by atoms with Crippen molar-refractivity contribution in [1.29, 1.82) is 0 Å². The van der Waals surface area contributed by atoms with Crippen LogP contribution in [0.4, 0.5) is 0 Å². The van der Waals surface area contributed by atoms with Crippen molar-refractivity contribution in [3.63, 3.8) is 0 Å². The van der Waals surface area contributed by atoms with E-state index < -0.39 is 8.69 Å². The van der Waals surface area contributed by atoms with Gasteiger partial charge < -0.3 is 11.3 Å². The Morgan fingerprint density at radius 3 is 2.17 bits per heavy atom. The molecule has 4 heteroatoms. The molecule has 0 saturated carbocycles. The molecule has 1 N–H and O–H groups in total. The Bertz CT molecular complexity index is 66.1. The second kappa shape index (κ2) is 22.8. The first kappa shape index (κ1) is 19.1. The summed E-state index contributed by atoms with van der Waals surface area (Å²) in [5.74, 6) is 0. The molecular formula is C8H18NdO2P-. The first-order chi connectivity index (χ1) is 5.33. The number of rotatable bonds is 5. The molecule has 72 valence electrons. The summed E-state index contributed by atoms with van der Waals surface area (Å²) in [7, 11) is -0.833. The van der Waals surface area contributed by atoms with E-state index in [0.29, 0.717) is 0 Å². The molecule has 0 fully saturated rings. The van der Waals surface area contributed by atoms with Crippen LogP contribution in [0.15, 0.2) is 0 Å². The van der Waals surface area contributed by atoms with E-state index in [4.69, 9.17) is 9.46 Å². The molecule has 0 rings (SSSR count). The summed E-state index contributed by atoms with van der Waals surface area (Å²) in [6, 6.07) is 0. The molecule has 0 aromatic rings. The molecule has 0 saturated heterocycles. The fraction of sp³-hybridized carbons (Fsp3) is 0.875. The third kappa shape index (κ3) is 30.1. The van der Waals surface area contributed by atoms with Crippen molar-refractivity contribution in [3.8, 4) is 0 Å². The van der Waals surface area contributed by atoms with Gasteiger partial charge in [-0.25, -0.2) is 4.57 Å². The van der Waals surface area contributed by atoms with Gasteiger partial charge in [-0.3, -0.25) is 0 Å². The minimum absolute atomic E-state index is 0. The van der Waals surface area contributed by atoms with Crippen LogP contribution in [0.3, 0.4) is 0 Å². The predicted molar refractivity (Wildman–Crippen MR) is 48.6 cm³/mol. The van der Waals surface area contributed by atoms with Crippen LogP contribution in [0, 0.1) is 47.3 Å². The predicted octanol–water partition coefficient (Wildman–Crippen LogP) is 3.37. The van der Waals surface area contributed by atoms with Gasteiger partial charge in [0.25, 0.3) is 0 Å². The molecule has 0 aliphatic carbocycles. The van der Waals surface area contributed by atoms with E-state index in [1.54, 1.807) is 0 Å². The Labute approximate surface area is 110 Å². The van der Waals surface area contributed by atoms with Crippen LogP contribution in [-0.4, -0.2) is 4.89 Å². The van der Waals surface area contributed by atoms with Crippen LogP contribution < -0.4 is 0 Å². The minimum atomic E-state index is -0.833. The van der Waals surface area contributed by atoms with Crippen LogP contribution >= 0.6 is 8.69 Å². The van der Waals surface area contributed by atoms with Crippen molar-refractivity contribution in [1.82, 2.24) is 0 Å². The van der Waals surface area contributed by atoms with E-state index in [0.717, 1.165) is 0 Å². The van der Waals surface area contributed by atoms with E-state index in [1.165, 1.54) is 32.1 Å². The zero-order valence-corrected chi connectivity index (χ0v) is 12.0. The summed E-state index contributed by atoms with van der Waals surface area (Å²) in [6.07, 6.45) is 9.06. The van der Waals surface area contributed by atoms with Gasteiger partial charge in [0.05, 0.1) is 0 Å². The maximum Gasteiger partial charge on any atom is 0.324 e. The van der Waals surface area contributed by atoms with Gasteiger partial charge >= 0.3 is 8.69 Å². The average molecular weight is 321 g/mol. The van der Waals surface area contributed by atoms with Gasteiger partial charge in [0, 0.05) is 40.8 Å². The zero-order chi connectivity index (χ0) is 8.95. The summed E-state index contributed by atoms with van der Waals surface area (Å²) < 4.78 is 8.46. The van der Waals surface area contributed by atoms with Crippen LogP contribution in [-0.2, 0) is 4.57 Å². The van der Waals surface area contributed by atoms with Crippen LogP contribution in [0.2, 0.25) is 0 Å². The van der Waals surface area contributed by atoms with Gasteiger partial charge in [-0.2, -0.15) is 12.8 Å². The smallest absolute Gasteiger partial charge is 0.324 e. The second-order valence-electron chi connectivity index (χ2n) is 2.27. The number of unbranched alkanes of at least 4 members (excludes halogenated alkanes) is 5. The van der Waals surface area contributed by atoms with E-state index in [1.807, 2.05) is 0 Å². The van der Waals surface area contributed by atoms with Gasteiger partial charge in [0.1, 0.15) is 0 Å². The molecule has 0 aliphatic heterocycles. The first-order valence-corrected chi connectivity index (χ1v) is 4.88. The number of hydrogen-bond donors (Lipinski definition) is 1. The molecule has 0 aromatic heterocycles. The zero-order valence-electron chi connectivity index (χ0n) is 7.92. The third-order valence-corrected chi connectivity index (χ3v) is 1.30. The van der Waals surface area contributed by atoms with Crippen molar-refractivity contribution in [2.24, 2.45) is 0 Å². The molecule has 0 spiro atoms. The van der Waals surface area contributed by atoms with Crippen LogP contribution in [0.5, 0.6) is 0 Å². The molecule has 0 bridgehead atoms. The maximum absolute atomic E-state index is 8.46. The number of hydrogen-bond acceptors (Lipinski definition) is 1. The summed E-state index contributed by atoms with van der Waals surface area (Å²) in [6.45, 7) is 4.44. The van der Waals surface area contributed by atoms with Crippen LogP contribution in [0.25, 0.3) is 0 Å². The molecule has 2 nitrogen and oxygen atoms in total. The van der Waals surface area contributed by atoms with Crippen molar-refractivity contribution >= 4 is 8.69 Å². The summed E-state index contributed by atoms with van der Waals surface area (Å²) in [5, 5.41) is 0. The normalized spacial score (nSPS) is 8.25. The van der Waals surface area contributed by atoms with Gasteiger partial charge in [-0.05, 0) is 0 Å². The van der Waals surface area contributed by atoms with Gasteiger partial charge in [-0.15, -0.1) is 0 Å². The summed E-state index contributed by atoms with van der Waals surface area (Å²) >= 11 is 0. The standard InChI is InChI=1S/C8H17.Nd.HO2P/c1-3-5-7-8-6-4-2;;1-3-2/h5H,3-4,6-8H2,1-2H3;;(H,1,2)/q-1;;. The SMILES string of the molecule is CC[CH-]CCCCC.O=PO.[Nd]. The summed E-state index contributed by atoms with van der Waals surface area (Å²) in [5.41, 5.74) is 0. The molecule has 0 heterocycles. The Morgan fingerprint density at radius 2 is 1.83 bits per heavy atom. The fourth-order valence-corrected chi connectivity index (χ4v) is 0.743. The van der Waals surface area contributed by atoms with E-state index in [-0.39, 0.29) is 40.8 Å². The van der Waals surface area contributed by atoms with Crippen molar-refractivity contribution < 1.29 is 50.3 Å². The van der Waals surface area contributed by atoms with E-state index >= 15 is 0 Å². The van der Waals surface area contributed by atoms with Gasteiger partial charge in [0.2, 0.25) is 0 Å². The van der Waals surface area contributed by atoms with Gasteiger partial charge in [0.15, 0.2) is 0 Å². The molecular weight excluding hydrogens is 303 g/mol. The topological polar surface area (TPSA) is 37.3 Å². The molecule has 0 unspecified atom stereocenters. The average Bonchev–Trinajstić information content (AvgIpc) is 2.00. The van der Waals surface area contributed by atoms with Gasteiger partial charge in [-0.1, -0.05) is 33.1 Å². The largest absolute Gasteiger partial charge is 0.329 e. The third-order valence-electron chi connectivity index (χ3n) is 1.30. The molecule has 0 radical (unpaired) electrons. The van der Waals surface area contributed by atoms with E-state index in [2.05, 4.69) is 20.3 Å². The molecule has 0 aliphatic rings. The van der Waals surface area contributed by atoms with Crippen molar-refractivity contribution in [2.45, 2.75) is 46.0 Å². The van der Waals surface area contributed by atoms with E-state index in [9.17, 15) is 0 Å². The summed E-state index contributed by atoms with van der Waals surface area (Å²) in [4.78, 5) is 6.99. The Morgan fingerprint density at radius 1 is 1.33 bits per heavy atom. The minimum Gasteiger partial charge on any atom is -0.329 e. The Hall–Kier alpha value is 1.41. The second-order valence-corrected chi connectivity index (χ2v) is 2.44.